The molecule has 1 aromatic carbocycles. The highest BCUT2D eigenvalue weighted by Crippen LogP contribution is 2.34. The van der Waals surface area contributed by atoms with Crippen LogP contribution in [0, 0.1) is 12.8 Å². The number of nitrogens with zero attached hydrogens (tertiary/aromatic N) is 6. The van der Waals surface area contributed by atoms with Gasteiger partial charge in [0.05, 0.1) is 24.0 Å². The molecule has 1 saturated heterocycles. The molecule has 10 heteroatoms. The summed E-state index contributed by atoms with van der Waals surface area (Å²) in [5.74, 6) is 0.628. The van der Waals surface area contributed by atoms with Gasteiger partial charge >= 0.3 is 0 Å². The molecule has 1 saturated carbocycles. The first-order valence-electron chi connectivity index (χ1n) is 13.0. The zero-order chi connectivity index (χ0) is 26.3. The van der Waals surface area contributed by atoms with Gasteiger partial charge in [0, 0.05) is 31.3 Å². The number of aliphatic hydroxyl groups is 1. The smallest absolute Gasteiger partial charge is 0.264 e. The Balaban J connectivity index is 1.07. The zero-order valence-electron chi connectivity index (χ0n) is 21.2. The molecule has 6 rings (SSSR count). The van der Waals surface area contributed by atoms with Gasteiger partial charge in [-0.05, 0) is 50.8 Å². The van der Waals surface area contributed by atoms with Gasteiger partial charge in [-0.2, -0.15) is 5.10 Å². The molecule has 1 amide bonds. The number of rotatable bonds is 6. The van der Waals surface area contributed by atoms with Crippen molar-refractivity contribution in [2.45, 2.75) is 50.9 Å². The maximum atomic E-state index is 13.2. The van der Waals surface area contributed by atoms with E-state index in [9.17, 15) is 14.7 Å². The molecule has 2 fully saturated rings. The molecule has 196 valence electrons. The maximum absolute atomic E-state index is 13.2. The van der Waals surface area contributed by atoms with Gasteiger partial charge in [0.15, 0.2) is 5.65 Å². The zero-order valence-corrected chi connectivity index (χ0v) is 21.2. The number of aromatic nitrogens is 5. The van der Waals surface area contributed by atoms with Gasteiger partial charge in [-0.15, -0.1) is 0 Å². The van der Waals surface area contributed by atoms with Crippen molar-refractivity contribution in [3.05, 3.63) is 77.1 Å². The van der Waals surface area contributed by atoms with E-state index in [0.717, 1.165) is 11.3 Å². The van der Waals surface area contributed by atoms with Gasteiger partial charge < -0.3 is 14.7 Å². The second kappa shape index (κ2) is 9.68. The summed E-state index contributed by atoms with van der Waals surface area (Å²) in [6, 6.07) is 13.4. The minimum atomic E-state index is -1.09. The second-order valence-corrected chi connectivity index (χ2v) is 10.4. The van der Waals surface area contributed by atoms with Crippen LogP contribution in [0.3, 0.4) is 0 Å². The highest BCUT2D eigenvalue weighted by atomic mass is 16.5. The lowest BCUT2D eigenvalue weighted by molar-refractivity contribution is -0.146. The van der Waals surface area contributed by atoms with Gasteiger partial charge in [0.2, 0.25) is 11.8 Å². The lowest BCUT2D eigenvalue weighted by Crippen LogP contribution is -2.53. The fourth-order valence-electron chi connectivity index (χ4n) is 5.26. The third-order valence-electron chi connectivity index (χ3n) is 7.67. The van der Waals surface area contributed by atoms with Gasteiger partial charge in [0.1, 0.15) is 17.8 Å². The Morgan fingerprint density at radius 3 is 2.58 bits per heavy atom. The molecule has 1 N–H and O–H groups in total. The average Bonchev–Trinajstić information content (AvgIpc) is 3.34. The third kappa shape index (κ3) is 4.67. The SMILES string of the molecule is Cc1ccc(-n2ncc3c(=O)n(CC4(O)CCN(C(=O)[C@H]5C[C@H](Oc6ccccn6)C5)CC4)cnc32)cc1. The van der Waals surface area contributed by atoms with E-state index >= 15 is 0 Å². The average molecular weight is 515 g/mol. The van der Waals surface area contributed by atoms with E-state index in [2.05, 4.69) is 15.1 Å². The molecule has 38 heavy (non-hydrogen) atoms. The number of hydrogen-bond donors (Lipinski definition) is 1. The van der Waals surface area contributed by atoms with Crippen LogP contribution in [-0.4, -0.2) is 65.0 Å². The number of piperidine rings is 1. The first kappa shape index (κ1) is 24.3. The Hall–Kier alpha value is -4.05. The van der Waals surface area contributed by atoms with Gasteiger partial charge in [-0.1, -0.05) is 23.8 Å². The number of fused-ring (bicyclic) bond motifs is 1. The molecule has 4 aromatic rings. The van der Waals surface area contributed by atoms with Crippen LogP contribution in [0.4, 0.5) is 0 Å². The minimum absolute atomic E-state index is 0.00484. The number of benzene rings is 1. The summed E-state index contributed by atoms with van der Waals surface area (Å²) in [7, 11) is 0. The van der Waals surface area contributed by atoms with E-state index in [0.29, 0.717) is 55.7 Å². The molecule has 0 radical (unpaired) electrons. The van der Waals surface area contributed by atoms with Gasteiger partial charge in [0.25, 0.3) is 5.56 Å². The molecule has 1 aliphatic heterocycles. The molecule has 0 unspecified atom stereocenters. The number of hydrogen-bond acceptors (Lipinski definition) is 7. The highest BCUT2D eigenvalue weighted by molar-refractivity contribution is 5.80. The number of amides is 1. The quantitative estimate of drug-likeness (QED) is 0.420. The van der Waals surface area contributed by atoms with Gasteiger partial charge in [-0.3, -0.25) is 14.2 Å². The molecule has 3 aromatic heterocycles. The van der Waals surface area contributed by atoms with Crippen LogP contribution < -0.4 is 10.3 Å². The van der Waals surface area contributed by atoms with Crippen LogP contribution in [0.25, 0.3) is 16.7 Å². The van der Waals surface area contributed by atoms with E-state index in [-0.39, 0.29) is 30.0 Å². The minimum Gasteiger partial charge on any atom is -0.474 e. The Morgan fingerprint density at radius 1 is 1.11 bits per heavy atom. The molecule has 4 heterocycles. The molecule has 2 aliphatic rings. The van der Waals surface area contributed by atoms with Crippen LogP contribution in [-0.2, 0) is 11.3 Å². The summed E-state index contributed by atoms with van der Waals surface area (Å²) in [4.78, 5) is 36.7. The fraction of sp³-hybridized carbons (Fsp3) is 0.393. The standard InChI is InChI=1S/C28H30N6O4/c1-19-5-7-21(8-6-19)34-25-23(16-31-34)27(36)33(18-30-25)17-28(37)9-12-32(13-10-28)26(35)20-14-22(15-20)38-24-4-2-3-11-29-24/h2-8,11,16,18,20,22,37H,9-10,12-15,17H2,1H3/t20-,22-. The van der Waals surface area contributed by atoms with Crippen molar-refractivity contribution in [3.63, 3.8) is 0 Å². The molecule has 1 aliphatic carbocycles. The number of carbonyl (C=O) groups is 1. The van der Waals surface area contributed by atoms with Crippen LogP contribution in [0.1, 0.15) is 31.2 Å². The normalized spacial score (nSPS) is 20.7. The van der Waals surface area contributed by atoms with Crippen LogP contribution in [0.15, 0.2) is 66.0 Å². The number of likely N-dealkylation sites (tertiary alicyclic amines) is 1. The van der Waals surface area contributed by atoms with E-state index in [1.54, 1.807) is 10.9 Å². The van der Waals surface area contributed by atoms with Crippen LogP contribution in [0.5, 0.6) is 5.88 Å². The molecular weight excluding hydrogens is 484 g/mol. The molecule has 10 nitrogen and oxygen atoms in total. The largest absolute Gasteiger partial charge is 0.474 e. The summed E-state index contributed by atoms with van der Waals surface area (Å²) in [6.07, 6.45) is 6.83. The van der Waals surface area contributed by atoms with E-state index in [1.807, 2.05) is 54.3 Å². The van der Waals surface area contributed by atoms with Crippen molar-refractivity contribution in [2.75, 3.05) is 13.1 Å². The molecule has 0 bridgehead atoms. The number of ether oxygens (including phenoxy) is 1. The Kier molecular flexibility index (Phi) is 6.19. The maximum Gasteiger partial charge on any atom is 0.264 e. The second-order valence-electron chi connectivity index (χ2n) is 10.4. The van der Waals surface area contributed by atoms with Crippen molar-refractivity contribution < 1.29 is 14.6 Å². The Morgan fingerprint density at radius 2 is 1.87 bits per heavy atom. The van der Waals surface area contributed by atoms with Crippen molar-refractivity contribution in [2.24, 2.45) is 5.92 Å². The highest BCUT2D eigenvalue weighted by Gasteiger charge is 2.41. The first-order valence-corrected chi connectivity index (χ1v) is 13.0. The topological polar surface area (TPSA) is 115 Å². The summed E-state index contributed by atoms with van der Waals surface area (Å²) in [5, 5.41) is 16.0. The summed E-state index contributed by atoms with van der Waals surface area (Å²) >= 11 is 0. The predicted molar refractivity (Wildman–Crippen MR) is 140 cm³/mol. The van der Waals surface area contributed by atoms with E-state index < -0.39 is 5.60 Å². The monoisotopic (exact) mass is 514 g/mol. The lowest BCUT2D eigenvalue weighted by Gasteiger charge is -2.42. The van der Waals surface area contributed by atoms with Crippen molar-refractivity contribution in [1.29, 1.82) is 0 Å². The third-order valence-corrected chi connectivity index (χ3v) is 7.67. The van der Waals surface area contributed by atoms with Crippen LogP contribution >= 0.6 is 0 Å². The summed E-state index contributed by atoms with van der Waals surface area (Å²) in [6.45, 7) is 3.03. The van der Waals surface area contributed by atoms with E-state index in [4.69, 9.17) is 4.74 Å². The summed E-state index contributed by atoms with van der Waals surface area (Å²) in [5.41, 5.74) is 1.11. The molecular formula is C28H30N6O4. The Labute approximate surface area is 219 Å². The first-order chi connectivity index (χ1) is 18.4. The van der Waals surface area contributed by atoms with Crippen LogP contribution in [0.2, 0.25) is 0 Å². The number of carbonyl (C=O) groups excluding carboxylic acids is 1. The predicted octanol–water partition coefficient (Wildman–Crippen LogP) is 2.50. The van der Waals surface area contributed by atoms with Crippen molar-refractivity contribution >= 4 is 16.9 Å². The van der Waals surface area contributed by atoms with E-state index in [1.165, 1.54) is 17.1 Å². The Bertz CT molecular complexity index is 1500. The van der Waals surface area contributed by atoms with Crippen molar-refractivity contribution in [3.8, 4) is 11.6 Å². The van der Waals surface area contributed by atoms with Gasteiger partial charge in [-0.25, -0.2) is 14.6 Å². The van der Waals surface area contributed by atoms with Crippen molar-refractivity contribution in [1.82, 2.24) is 29.2 Å². The number of pyridine rings is 1. The lowest BCUT2D eigenvalue weighted by atomic mass is 9.80. The summed E-state index contributed by atoms with van der Waals surface area (Å²) < 4.78 is 8.92. The molecule has 0 atom stereocenters. The number of aryl methyl sites for hydroxylation is 1. The molecule has 0 spiro atoms. The fourth-order valence-corrected chi connectivity index (χ4v) is 5.26.